The van der Waals surface area contributed by atoms with Crippen molar-refractivity contribution in [1.29, 1.82) is 0 Å². The maximum absolute atomic E-state index is 5.44. The first kappa shape index (κ1) is 13.3. The van der Waals surface area contributed by atoms with E-state index in [1.165, 1.54) is 37.3 Å². The average molecular weight is 326 g/mol. The van der Waals surface area contributed by atoms with Gasteiger partial charge in [-0.25, -0.2) is 4.98 Å². The third-order valence-corrected chi connectivity index (χ3v) is 4.28. The summed E-state index contributed by atoms with van der Waals surface area (Å²) in [7, 11) is 0. The fourth-order valence-electron chi connectivity index (χ4n) is 2.83. The quantitative estimate of drug-likeness (QED) is 0.797. The maximum atomic E-state index is 5.44. The first-order chi connectivity index (χ1) is 9.33. The Labute approximate surface area is 122 Å². The van der Waals surface area contributed by atoms with E-state index in [1.54, 1.807) is 0 Å². The van der Waals surface area contributed by atoms with Crippen molar-refractivity contribution in [2.75, 3.05) is 44.3 Å². The molecular formula is C14H20BrN3O. The van der Waals surface area contributed by atoms with Crippen LogP contribution < -0.4 is 4.90 Å². The van der Waals surface area contributed by atoms with E-state index in [0.29, 0.717) is 0 Å². The zero-order valence-corrected chi connectivity index (χ0v) is 12.7. The lowest BCUT2D eigenvalue weighted by Crippen LogP contribution is -2.37. The zero-order chi connectivity index (χ0) is 13.1. The highest BCUT2D eigenvalue weighted by molar-refractivity contribution is 9.10. The predicted molar refractivity (Wildman–Crippen MR) is 79.5 cm³/mol. The second-order valence-electron chi connectivity index (χ2n) is 5.18. The molecule has 2 saturated heterocycles. The van der Waals surface area contributed by atoms with Gasteiger partial charge in [0.25, 0.3) is 0 Å². The van der Waals surface area contributed by atoms with Gasteiger partial charge in [0.05, 0.1) is 24.6 Å². The highest BCUT2D eigenvalue weighted by atomic mass is 79.9. The number of pyridine rings is 1. The SMILES string of the molecule is Brc1ccc(N2CCOCC2)c(CN2CCCC2)n1. The molecule has 0 atom stereocenters. The van der Waals surface area contributed by atoms with Crippen molar-refractivity contribution >= 4 is 21.6 Å². The molecule has 2 aliphatic rings. The lowest BCUT2D eigenvalue weighted by Gasteiger charge is -2.31. The van der Waals surface area contributed by atoms with E-state index in [0.717, 1.165) is 37.5 Å². The molecule has 1 aromatic heterocycles. The molecule has 0 bridgehead atoms. The first-order valence-electron chi connectivity index (χ1n) is 7.03. The van der Waals surface area contributed by atoms with Crippen LogP contribution in [0.2, 0.25) is 0 Å². The number of hydrogen-bond acceptors (Lipinski definition) is 4. The summed E-state index contributed by atoms with van der Waals surface area (Å²) in [6.45, 7) is 6.95. The molecule has 4 nitrogen and oxygen atoms in total. The van der Waals surface area contributed by atoms with E-state index in [1.807, 2.05) is 6.07 Å². The Balaban J connectivity index is 1.80. The molecular weight excluding hydrogens is 306 g/mol. The van der Waals surface area contributed by atoms with Crippen LogP contribution in [0.15, 0.2) is 16.7 Å². The number of likely N-dealkylation sites (tertiary alicyclic amines) is 1. The Hall–Kier alpha value is -0.650. The number of halogens is 1. The van der Waals surface area contributed by atoms with Gasteiger partial charge in [-0.05, 0) is 54.0 Å². The van der Waals surface area contributed by atoms with Crippen molar-refractivity contribution in [3.05, 3.63) is 22.4 Å². The molecule has 3 rings (SSSR count). The van der Waals surface area contributed by atoms with Crippen LogP contribution in [-0.4, -0.2) is 49.3 Å². The summed E-state index contributed by atoms with van der Waals surface area (Å²) in [5.74, 6) is 0. The lowest BCUT2D eigenvalue weighted by atomic mass is 10.2. The van der Waals surface area contributed by atoms with Crippen molar-refractivity contribution in [2.45, 2.75) is 19.4 Å². The van der Waals surface area contributed by atoms with Crippen molar-refractivity contribution < 1.29 is 4.74 Å². The number of hydrogen-bond donors (Lipinski definition) is 0. The minimum absolute atomic E-state index is 0.819. The second-order valence-corrected chi connectivity index (χ2v) is 5.99. The molecule has 0 amide bonds. The molecule has 0 radical (unpaired) electrons. The Morgan fingerprint density at radius 3 is 2.58 bits per heavy atom. The standard InChI is InChI=1S/C14H20BrN3O/c15-14-4-3-13(18-7-9-19-10-8-18)12(16-14)11-17-5-1-2-6-17/h3-4H,1-2,5-11H2. The second kappa shape index (κ2) is 6.20. The monoisotopic (exact) mass is 325 g/mol. The topological polar surface area (TPSA) is 28.6 Å². The maximum Gasteiger partial charge on any atom is 0.106 e. The molecule has 5 heteroatoms. The van der Waals surface area contributed by atoms with Gasteiger partial charge < -0.3 is 9.64 Å². The van der Waals surface area contributed by atoms with Gasteiger partial charge in [-0.1, -0.05) is 0 Å². The highest BCUT2D eigenvalue weighted by Crippen LogP contribution is 2.25. The molecule has 3 heterocycles. The Kier molecular flexibility index (Phi) is 4.35. The van der Waals surface area contributed by atoms with E-state index in [9.17, 15) is 0 Å². The van der Waals surface area contributed by atoms with Gasteiger partial charge in [-0.15, -0.1) is 0 Å². The van der Waals surface area contributed by atoms with Crippen molar-refractivity contribution in [1.82, 2.24) is 9.88 Å². The molecule has 2 fully saturated rings. The van der Waals surface area contributed by atoms with Crippen molar-refractivity contribution in [3.63, 3.8) is 0 Å². The smallest absolute Gasteiger partial charge is 0.106 e. The van der Waals surface area contributed by atoms with Crippen LogP contribution in [0.4, 0.5) is 5.69 Å². The molecule has 19 heavy (non-hydrogen) atoms. The summed E-state index contributed by atoms with van der Waals surface area (Å²) in [6.07, 6.45) is 2.64. The van der Waals surface area contributed by atoms with E-state index in [2.05, 4.69) is 31.8 Å². The van der Waals surface area contributed by atoms with Crippen molar-refractivity contribution in [3.8, 4) is 0 Å². The van der Waals surface area contributed by atoms with E-state index >= 15 is 0 Å². The normalized spacial score (nSPS) is 21.0. The van der Waals surface area contributed by atoms with Crippen LogP contribution in [-0.2, 0) is 11.3 Å². The molecule has 2 aliphatic heterocycles. The van der Waals surface area contributed by atoms with Crippen LogP contribution in [0.25, 0.3) is 0 Å². The van der Waals surface area contributed by atoms with Gasteiger partial charge in [0.2, 0.25) is 0 Å². The largest absolute Gasteiger partial charge is 0.378 e. The summed E-state index contributed by atoms with van der Waals surface area (Å²) in [5.41, 5.74) is 2.47. The van der Waals surface area contributed by atoms with Gasteiger partial charge in [0.15, 0.2) is 0 Å². The molecule has 1 aromatic rings. The number of anilines is 1. The van der Waals surface area contributed by atoms with Gasteiger partial charge in [-0.2, -0.15) is 0 Å². The number of aromatic nitrogens is 1. The minimum Gasteiger partial charge on any atom is -0.378 e. The lowest BCUT2D eigenvalue weighted by molar-refractivity contribution is 0.122. The van der Waals surface area contributed by atoms with Gasteiger partial charge >= 0.3 is 0 Å². The summed E-state index contributed by atoms with van der Waals surface area (Å²) in [5, 5.41) is 0. The molecule has 0 N–H and O–H groups in total. The highest BCUT2D eigenvalue weighted by Gasteiger charge is 2.19. The van der Waals surface area contributed by atoms with Gasteiger partial charge in [0.1, 0.15) is 4.60 Å². The van der Waals surface area contributed by atoms with Crippen LogP contribution in [0.5, 0.6) is 0 Å². The Morgan fingerprint density at radius 2 is 1.84 bits per heavy atom. The number of ether oxygens (including phenoxy) is 1. The summed E-state index contributed by atoms with van der Waals surface area (Å²) in [4.78, 5) is 9.60. The average Bonchev–Trinajstić information content (AvgIpc) is 2.93. The molecule has 0 spiro atoms. The molecule has 0 aliphatic carbocycles. The number of morpholine rings is 1. The van der Waals surface area contributed by atoms with Crippen LogP contribution in [0, 0.1) is 0 Å². The molecule has 104 valence electrons. The zero-order valence-electron chi connectivity index (χ0n) is 11.1. The molecule has 0 saturated carbocycles. The van der Waals surface area contributed by atoms with E-state index in [-0.39, 0.29) is 0 Å². The summed E-state index contributed by atoms with van der Waals surface area (Å²) < 4.78 is 6.37. The third kappa shape index (κ3) is 3.27. The molecule has 0 unspecified atom stereocenters. The number of rotatable bonds is 3. The van der Waals surface area contributed by atoms with Crippen molar-refractivity contribution in [2.24, 2.45) is 0 Å². The van der Waals surface area contributed by atoms with E-state index in [4.69, 9.17) is 9.72 Å². The van der Waals surface area contributed by atoms with Gasteiger partial charge in [-0.3, -0.25) is 4.90 Å². The van der Waals surface area contributed by atoms with Crippen LogP contribution in [0.1, 0.15) is 18.5 Å². The summed E-state index contributed by atoms with van der Waals surface area (Å²) >= 11 is 3.50. The van der Waals surface area contributed by atoms with Crippen LogP contribution in [0.3, 0.4) is 0 Å². The summed E-state index contributed by atoms with van der Waals surface area (Å²) in [6, 6.07) is 4.23. The minimum atomic E-state index is 0.819. The molecule has 0 aromatic carbocycles. The fraction of sp³-hybridized carbons (Fsp3) is 0.643. The fourth-order valence-corrected chi connectivity index (χ4v) is 3.17. The first-order valence-corrected chi connectivity index (χ1v) is 7.83. The van der Waals surface area contributed by atoms with Crippen LogP contribution >= 0.6 is 15.9 Å². The predicted octanol–water partition coefficient (Wildman–Crippen LogP) is 2.28. The Morgan fingerprint density at radius 1 is 1.11 bits per heavy atom. The Bertz CT molecular complexity index is 429. The number of nitrogens with zero attached hydrogens (tertiary/aromatic N) is 3. The van der Waals surface area contributed by atoms with Gasteiger partial charge in [0, 0.05) is 19.6 Å². The third-order valence-electron chi connectivity index (χ3n) is 3.84. The van der Waals surface area contributed by atoms with E-state index < -0.39 is 0 Å².